The molecule has 1 fully saturated rings. The minimum atomic E-state index is -0.941. The molecule has 2 rings (SSSR count). The van der Waals surface area contributed by atoms with Crippen LogP contribution in [0.4, 0.5) is 17.6 Å². The minimum absolute atomic E-state index is 0.0183. The van der Waals surface area contributed by atoms with Crippen LogP contribution >= 0.6 is 0 Å². The monoisotopic (exact) mass is 466 g/mol. The first-order valence-electron chi connectivity index (χ1n) is 12.1. The van der Waals surface area contributed by atoms with Crippen LogP contribution in [-0.2, 0) is 0 Å². The number of hydrogen-bond acceptors (Lipinski definition) is 1. The van der Waals surface area contributed by atoms with Gasteiger partial charge in [-0.25, -0.2) is 13.2 Å². The van der Waals surface area contributed by atoms with E-state index in [2.05, 4.69) is 20.1 Å². The van der Waals surface area contributed by atoms with Gasteiger partial charge in [0.25, 0.3) is 0 Å². The van der Waals surface area contributed by atoms with Crippen molar-refractivity contribution in [2.45, 2.75) is 78.6 Å². The summed E-state index contributed by atoms with van der Waals surface area (Å²) >= 11 is 0. The molecule has 1 saturated carbocycles. The molecular formula is C28H38F4O. The Hall–Kier alpha value is -2.04. The standard InChI is InChI=1S/C28H38F4O/c1-7-19(4)25(29)26(30)21(6)20(5)11-8-18(3)16-33-24-15-14-23(27(31)28(24)32)22-12-9-17(2)10-13-22/h14-15,17-18,20,22H,4,6-13,16H2,1-3,5H3/b26-25-. The summed E-state index contributed by atoms with van der Waals surface area (Å²) in [7, 11) is 0. The van der Waals surface area contributed by atoms with E-state index in [0.29, 0.717) is 30.7 Å². The van der Waals surface area contributed by atoms with Crippen LogP contribution in [0.5, 0.6) is 5.75 Å². The van der Waals surface area contributed by atoms with Crippen LogP contribution in [0.2, 0.25) is 0 Å². The van der Waals surface area contributed by atoms with Crippen molar-refractivity contribution in [1.82, 2.24) is 0 Å². The summed E-state index contributed by atoms with van der Waals surface area (Å²) in [6.45, 7) is 15.0. The van der Waals surface area contributed by atoms with Crippen molar-refractivity contribution in [3.05, 3.63) is 65.3 Å². The second-order valence-corrected chi connectivity index (χ2v) is 9.74. The highest BCUT2D eigenvalue weighted by Gasteiger charge is 2.25. The van der Waals surface area contributed by atoms with Crippen LogP contribution in [-0.4, -0.2) is 6.61 Å². The Labute approximate surface area is 196 Å². The van der Waals surface area contributed by atoms with Crippen molar-refractivity contribution >= 4 is 0 Å². The molecule has 33 heavy (non-hydrogen) atoms. The first-order chi connectivity index (χ1) is 15.6. The third-order valence-corrected chi connectivity index (χ3v) is 6.95. The molecule has 1 nitrogen and oxygen atoms in total. The zero-order valence-corrected chi connectivity index (χ0v) is 20.5. The van der Waals surface area contributed by atoms with Gasteiger partial charge >= 0.3 is 0 Å². The van der Waals surface area contributed by atoms with Crippen molar-refractivity contribution in [2.75, 3.05) is 6.61 Å². The topological polar surface area (TPSA) is 9.23 Å². The van der Waals surface area contributed by atoms with Gasteiger partial charge in [-0.1, -0.05) is 59.8 Å². The SMILES string of the molecule is C=C(CC)/C(F)=C(/F)C(=C)C(C)CCC(C)COc1ccc(C2CCC(C)CC2)c(F)c1F. The average Bonchev–Trinajstić information content (AvgIpc) is 2.82. The Kier molecular flexibility index (Phi) is 10.2. The number of allylic oxidation sites excluding steroid dienone is 4. The van der Waals surface area contributed by atoms with E-state index in [0.717, 1.165) is 25.7 Å². The Bertz CT molecular complexity index is 865. The molecule has 0 heterocycles. The van der Waals surface area contributed by atoms with Crippen LogP contribution in [0.1, 0.15) is 84.1 Å². The molecule has 0 radical (unpaired) electrons. The smallest absolute Gasteiger partial charge is 0.200 e. The molecule has 184 valence electrons. The Morgan fingerprint density at radius 1 is 1.00 bits per heavy atom. The van der Waals surface area contributed by atoms with Crippen molar-refractivity contribution in [1.29, 1.82) is 0 Å². The number of ether oxygens (including phenoxy) is 1. The Morgan fingerprint density at radius 3 is 2.24 bits per heavy atom. The van der Waals surface area contributed by atoms with Crippen molar-refractivity contribution < 1.29 is 22.3 Å². The maximum absolute atomic E-state index is 14.7. The molecule has 0 saturated heterocycles. The third kappa shape index (κ3) is 7.22. The van der Waals surface area contributed by atoms with Gasteiger partial charge < -0.3 is 4.74 Å². The number of benzene rings is 1. The van der Waals surface area contributed by atoms with Gasteiger partial charge in [-0.2, -0.15) is 4.39 Å². The molecule has 1 aliphatic rings. The highest BCUT2D eigenvalue weighted by Crippen LogP contribution is 2.38. The maximum atomic E-state index is 14.7. The number of halogens is 4. The molecule has 0 spiro atoms. The van der Waals surface area contributed by atoms with Crippen LogP contribution in [0.15, 0.2) is 48.1 Å². The quantitative estimate of drug-likeness (QED) is 0.233. The van der Waals surface area contributed by atoms with E-state index in [9.17, 15) is 17.6 Å². The van der Waals surface area contributed by atoms with E-state index in [-0.39, 0.29) is 41.3 Å². The zero-order valence-electron chi connectivity index (χ0n) is 20.5. The zero-order chi connectivity index (χ0) is 24.7. The van der Waals surface area contributed by atoms with Crippen molar-refractivity contribution in [2.24, 2.45) is 17.8 Å². The minimum Gasteiger partial charge on any atom is -0.490 e. The Morgan fingerprint density at radius 2 is 1.64 bits per heavy atom. The van der Waals surface area contributed by atoms with Gasteiger partial charge in [-0.15, -0.1) is 0 Å². The molecule has 0 aromatic heterocycles. The fraction of sp³-hybridized carbons (Fsp3) is 0.571. The summed E-state index contributed by atoms with van der Waals surface area (Å²) in [6.07, 6.45) is 5.37. The van der Waals surface area contributed by atoms with E-state index in [1.54, 1.807) is 19.9 Å². The highest BCUT2D eigenvalue weighted by molar-refractivity contribution is 5.36. The summed E-state index contributed by atoms with van der Waals surface area (Å²) in [5, 5.41) is 0. The van der Waals surface area contributed by atoms with Crippen LogP contribution < -0.4 is 4.74 Å². The lowest BCUT2D eigenvalue weighted by atomic mass is 9.79. The van der Waals surface area contributed by atoms with Crippen LogP contribution in [0, 0.1) is 29.4 Å². The highest BCUT2D eigenvalue weighted by atomic mass is 19.2. The van der Waals surface area contributed by atoms with Crippen LogP contribution in [0.3, 0.4) is 0 Å². The molecular weight excluding hydrogens is 428 g/mol. The molecule has 0 N–H and O–H groups in total. The van der Waals surface area contributed by atoms with E-state index < -0.39 is 23.3 Å². The maximum Gasteiger partial charge on any atom is 0.200 e. The van der Waals surface area contributed by atoms with E-state index >= 15 is 0 Å². The molecule has 1 aliphatic carbocycles. The second kappa shape index (κ2) is 12.4. The number of hydrogen-bond donors (Lipinski definition) is 0. The number of rotatable bonds is 11. The Balaban J connectivity index is 1.89. The van der Waals surface area contributed by atoms with E-state index in [1.165, 1.54) is 6.07 Å². The molecule has 0 aliphatic heterocycles. The summed E-state index contributed by atoms with van der Waals surface area (Å²) in [5.41, 5.74) is 0.664. The lowest BCUT2D eigenvalue weighted by Gasteiger charge is -2.27. The molecule has 0 amide bonds. The molecule has 2 atom stereocenters. The third-order valence-electron chi connectivity index (χ3n) is 6.95. The van der Waals surface area contributed by atoms with Gasteiger partial charge in [0.15, 0.2) is 23.2 Å². The molecule has 5 heteroatoms. The second-order valence-electron chi connectivity index (χ2n) is 9.74. The summed E-state index contributed by atoms with van der Waals surface area (Å²) in [6, 6.07) is 3.17. The lowest BCUT2D eigenvalue weighted by Crippen LogP contribution is -2.14. The molecule has 1 aromatic rings. The largest absolute Gasteiger partial charge is 0.490 e. The molecule has 0 bridgehead atoms. The first-order valence-corrected chi connectivity index (χ1v) is 12.1. The first kappa shape index (κ1) is 27.2. The summed E-state index contributed by atoms with van der Waals surface area (Å²) < 4.78 is 63.2. The average molecular weight is 467 g/mol. The predicted molar refractivity (Wildman–Crippen MR) is 128 cm³/mol. The normalized spacial score (nSPS) is 21.2. The van der Waals surface area contributed by atoms with Gasteiger partial charge in [0.2, 0.25) is 5.82 Å². The van der Waals surface area contributed by atoms with Gasteiger partial charge in [0.05, 0.1) is 6.61 Å². The van der Waals surface area contributed by atoms with Crippen molar-refractivity contribution in [3.8, 4) is 5.75 Å². The van der Waals surface area contributed by atoms with Gasteiger partial charge in [-0.05, 0) is 78.6 Å². The fourth-order valence-electron chi connectivity index (χ4n) is 4.24. The van der Waals surface area contributed by atoms with Gasteiger partial charge in [0.1, 0.15) is 0 Å². The molecule has 2 unspecified atom stereocenters. The fourth-order valence-corrected chi connectivity index (χ4v) is 4.24. The van der Waals surface area contributed by atoms with Crippen LogP contribution in [0.25, 0.3) is 0 Å². The van der Waals surface area contributed by atoms with E-state index in [4.69, 9.17) is 4.74 Å². The summed E-state index contributed by atoms with van der Waals surface area (Å²) in [4.78, 5) is 0. The predicted octanol–water partition coefficient (Wildman–Crippen LogP) is 9.36. The summed E-state index contributed by atoms with van der Waals surface area (Å²) in [5.74, 6) is -3.25. The van der Waals surface area contributed by atoms with Gasteiger partial charge in [-0.3, -0.25) is 0 Å². The van der Waals surface area contributed by atoms with E-state index in [1.807, 2.05) is 6.92 Å². The van der Waals surface area contributed by atoms with Crippen molar-refractivity contribution in [3.63, 3.8) is 0 Å². The lowest BCUT2D eigenvalue weighted by molar-refractivity contribution is 0.233. The molecule has 1 aromatic carbocycles. The van der Waals surface area contributed by atoms with Gasteiger partial charge in [0, 0.05) is 0 Å².